The maximum absolute atomic E-state index is 12.4. The molecule has 156 valence electrons. The predicted molar refractivity (Wildman–Crippen MR) is 114 cm³/mol. The lowest BCUT2D eigenvalue weighted by Crippen LogP contribution is -2.18. The van der Waals surface area contributed by atoms with E-state index < -0.39 is 4.92 Å². The van der Waals surface area contributed by atoms with Gasteiger partial charge < -0.3 is 5.32 Å². The van der Waals surface area contributed by atoms with E-state index in [4.69, 9.17) is 0 Å². The van der Waals surface area contributed by atoms with Crippen molar-refractivity contribution in [2.45, 2.75) is 43.2 Å². The monoisotopic (exact) mass is 426 g/mol. The van der Waals surface area contributed by atoms with E-state index in [1.54, 1.807) is 0 Å². The number of carbonyl (C=O) groups is 1. The zero-order valence-corrected chi connectivity index (χ0v) is 17.1. The second kappa shape index (κ2) is 9.12. The Morgan fingerprint density at radius 1 is 1.13 bits per heavy atom. The molecule has 1 N–H and O–H groups in total. The third-order valence-electron chi connectivity index (χ3n) is 5.12. The van der Waals surface area contributed by atoms with E-state index in [1.807, 2.05) is 33.9 Å². The minimum absolute atomic E-state index is 0.0163. The number of rotatable bonds is 7. The van der Waals surface area contributed by atoms with Gasteiger partial charge in [0, 0.05) is 36.1 Å². The summed E-state index contributed by atoms with van der Waals surface area (Å²) in [5, 5.41) is 23.0. The highest BCUT2D eigenvalue weighted by Gasteiger charge is 2.24. The van der Waals surface area contributed by atoms with Crippen molar-refractivity contribution >= 4 is 29.0 Å². The number of amides is 1. The standard InChI is InChI=1S/C20H22N6O3S/c27-18(21-16-8-10-17(11-9-16)26(28)29)14-30-20-23-22-19(15-6-2-1-3-7-15)25(20)24-12-4-5-13-24/h4-5,8-13,15H,1-3,6-7,14H2,(H,21,27). The number of carbonyl (C=O) groups excluding carboxylic acids is 1. The van der Waals surface area contributed by atoms with Crippen LogP contribution in [0.3, 0.4) is 0 Å². The Kier molecular flexibility index (Phi) is 6.12. The highest BCUT2D eigenvalue weighted by atomic mass is 32.2. The van der Waals surface area contributed by atoms with Gasteiger partial charge >= 0.3 is 0 Å². The number of benzene rings is 1. The first-order valence-corrected chi connectivity index (χ1v) is 10.9. The highest BCUT2D eigenvalue weighted by Crippen LogP contribution is 2.33. The summed E-state index contributed by atoms with van der Waals surface area (Å²) in [6.07, 6.45) is 9.74. The molecule has 10 heteroatoms. The fourth-order valence-electron chi connectivity index (χ4n) is 3.65. The van der Waals surface area contributed by atoms with Gasteiger partial charge in [-0.3, -0.25) is 19.6 Å². The van der Waals surface area contributed by atoms with Gasteiger partial charge in [0.2, 0.25) is 11.1 Å². The average molecular weight is 427 g/mol. The fraction of sp³-hybridized carbons (Fsp3) is 0.350. The van der Waals surface area contributed by atoms with Gasteiger partial charge in [-0.1, -0.05) is 31.0 Å². The molecule has 1 saturated carbocycles. The molecule has 1 aliphatic rings. The van der Waals surface area contributed by atoms with Crippen molar-refractivity contribution in [1.82, 2.24) is 19.5 Å². The van der Waals surface area contributed by atoms with Crippen molar-refractivity contribution in [3.05, 3.63) is 64.7 Å². The van der Waals surface area contributed by atoms with E-state index in [1.165, 1.54) is 55.3 Å². The zero-order chi connectivity index (χ0) is 20.9. The van der Waals surface area contributed by atoms with Crippen molar-refractivity contribution in [3.8, 4) is 0 Å². The largest absolute Gasteiger partial charge is 0.325 e. The van der Waals surface area contributed by atoms with E-state index in [2.05, 4.69) is 15.5 Å². The molecule has 0 bridgehead atoms. The van der Waals surface area contributed by atoms with Gasteiger partial charge in [0.05, 0.1) is 10.7 Å². The van der Waals surface area contributed by atoms with Gasteiger partial charge in [-0.05, 0) is 37.1 Å². The first-order chi connectivity index (χ1) is 14.6. The summed E-state index contributed by atoms with van der Waals surface area (Å²) in [5.41, 5.74) is 0.499. The minimum Gasteiger partial charge on any atom is -0.325 e. The molecule has 1 fully saturated rings. The van der Waals surface area contributed by atoms with E-state index >= 15 is 0 Å². The van der Waals surface area contributed by atoms with Crippen LogP contribution in [0.5, 0.6) is 0 Å². The molecule has 4 rings (SSSR count). The second-order valence-electron chi connectivity index (χ2n) is 7.19. The fourth-order valence-corrected chi connectivity index (χ4v) is 4.39. The lowest BCUT2D eigenvalue weighted by atomic mass is 9.89. The number of nitrogens with zero attached hydrogens (tertiary/aromatic N) is 5. The van der Waals surface area contributed by atoms with Crippen LogP contribution in [0.2, 0.25) is 0 Å². The van der Waals surface area contributed by atoms with Crippen molar-refractivity contribution in [3.63, 3.8) is 0 Å². The van der Waals surface area contributed by atoms with E-state index in [0.29, 0.717) is 16.8 Å². The van der Waals surface area contributed by atoms with Crippen LogP contribution in [0, 0.1) is 10.1 Å². The average Bonchev–Trinajstić information content (AvgIpc) is 3.43. The van der Waals surface area contributed by atoms with Crippen LogP contribution in [-0.2, 0) is 4.79 Å². The molecule has 9 nitrogen and oxygen atoms in total. The molecule has 1 aromatic carbocycles. The van der Waals surface area contributed by atoms with Gasteiger partial charge in [0.25, 0.3) is 5.69 Å². The molecular weight excluding hydrogens is 404 g/mol. The number of anilines is 1. The molecular formula is C20H22N6O3S. The van der Waals surface area contributed by atoms with Crippen molar-refractivity contribution in [2.24, 2.45) is 0 Å². The Morgan fingerprint density at radius 2 is 1.83 bits per heavy atom. The van der Waals surface area contributed by atoms with Crippen molar-refractivity contribution in [2.75, 3.05) is 11.1 Å². The number of nitro benzene ring substituents is 1. The lowest BCUT2D eigenvalue weighted by molar-refractivity contribution is -0.384. The molecule has 2 aromatic heterocycles. The van der Waals surface area contributed by atoms with E-state index in [-0.39, 0.29) is 17.3 Å². The van der Waals surface area contributed by atoms with E-state index in [0.717, 1.165) is 18.7 Å². The number of hydrogen-bond donors (Lipinski definition) is 1. The van der Waals surface area contributed by atoms with Crippen LogP contribution in [0.1, 0.15) is 43.8 Å². The van der Waals surface area contributed by atoms with Crippen LogP contribution in [0.15, 0.2) is 53.9 Å². The normalized spacial score (nSPS) is 14.5. The van der Waals surface area contributed by atoms with E-state index in [9.17, 15) is 14.9 Å². The Balaban J connectivity index is 1.45. The summed E-state index contributed by atoms with van der Waals surface area (Å²) in [5.74, 6) is 1.25. The number of non-ortho nitro benzene ring substituents is 1. The van der Waals surface area contributed by atoms with Crippen LogP contribution >= 0.6 is 11.8 Å². The molecule has 0 radical (unpaired) electrons. The summed E-state index contributed by atoms with van der Waals surface area (Å²) in [6, 6.07) is 9.65. The predicted octanol–water partition coefficient (Wildman–Crippen LogP) is 4.08. The molecule has 1 aliphatic carbocycles. The molecule has 3 aromatic rings. The SMILES string of the molecule is O=C(CSc1nnc(C2CCCCC2)n1-n1cccc1)Nc1ccc([N+](=O)[O-])cc1. The smallest absolute Gasteiger partial charge is 0.269 e. The van der Waals surface area contributed by atoms with Gasteiger partial charge in [0.1, 0.15) is 0 Å². The van der Waals surface area contributed by atoms with Crippen molar-refractivity contribution < 1.29 is 9.72 Å². The molecule has 0 unspecified atom stereocenters. The lowest BCUT2D eigenvalue weighted by Gasteiger charge is -2.22. The molecule has 0 spiro atoms. The maximum atomic E-state index is 12.4. The van der Waals surface area contributed by atoms with Gasteiger partial charge in [0.15, 0.2) is 5.82 Å². The summed E-state index contributed by atoms with van der Waals surface area (Å²) in [6.45, 7) is 0. The molecule has 0 saturated heterocycles. The van der Waals surface area contributed by atoms with Gasteiger partial charge in [-0.25, -0.2) is 4.68 Å². The molecule has 30 heavy (non-hydrogen) atoms. The minimum atomic E-state index is -0.473. The zero-order valence-electron chi connectivity index (χ0n) is 16.3. The van der Waals surface area contributed by atoms with Gasteiger partial charge in [-0.2, -0.15) is 0 Å². The Hall–Kier alpha value is -3.14. The number of nitro groups is 1. The highest BCUT2D eigenvalue weighted by molar-refractivity contribution is 7.99. The topological polar surface area (TPSA) is 108 Å². The van der Waals surface area contributed by atoms with Crippen LogP contribution in [0.4, 0.5) is 11.4 Å². The summed E-state index contributed by atoms with van der Waals surface area (Å²) < 4.78 is 3.93. The third-order valence-corrected chi connectivity index (χ3v) is 6.04. The number of thioether (sulfide) groups is 1. The van der Waals surface area contributed by atoms with Crippen LogP contribution < -0.4 is 5.32 Å². The Labute approximate surface area is 177 Å². The first kappa shape index (κ1) is 20.1. The second-order valence-corrected chi connectivity index (χ2v) is 8.13. The number of nitrogens with one attached hydrogen (secondary N) is 1. The summed E-state index contributed by atoms with van der Waals surface area (Å²) >= 11 is 1.31. The van der Waals surface area contributed by atoms with Crippen LogP contribution in [-0.4, -0.2) is 36.1 Å². The number of aromatic nitrogens is 4. The molecule has 1 amide bonds. The number of hydrogen-bond acceptors (Lipinski definition) is 6. The maximum Gasteiger partial charge on any atom is 0.269 e. The molecule has 2 heterocycles. The Morgan fingerprint density at radius 3 is 2.50 bits per heavy atom. The summed E-state index contributed by atoms with van der Waals surface area (Å²) in [4.78, 5) is 22.6. The third kappa shape index (κ3) is 4.54. The quantitative estimate of drug-likeness (QED) is 0.346. The van der Waals surface area contributed by atoms with Crippen molar-refractivity contribution in [1.29, 1.82) is 0 Å². The Bertz CT molecular complexity index is 1010. The molecule has 0 atom stereocenters. The molecule has 0 aliphatic heterocycles. The van der Waals surface area contributed by atoms with Crippen LogP contribution in [0.25, 0.3) is 0 Å². The van der Waals surface area contributed by atoms with Gasteiger partial charge in [-0.15, -0.1) is 10.2 Å². The summed E-state index contributed by atoms with van der Waals surface area (Å²) in [7, 11) is 0. The first-order valence-electron chi connectivity index (χ1n) is 9.88.